The molecule has 0 spiro atoms. The van der Waals surface area contributed by atoms with Crippen LogP contribution in [0.2, 0.25) is 0 Å². The number of rotatable bonds is 9. The molecule has 0 aromatic carbocycles. The van der Waals surface area contributed by atoms with E-state index in [1.165, 1.54) is 0 Å². The zero-order valence-corrected chi connectivity index (χ0v) is 11.5. The summed E-state index contributed by atoms with van der Waals surface area (Å²) in [4.78, 5) is 11.7. The van der Waals surface area contributed by atoms with Crippen LogP contribution in [0.15, 0.2) is 0 Å². The fourth-order valence-electron chi connectivity index (χ4n) is 1.12. The molecule has 2 N–H and O–H groups in total. The predicted molar refractivity (Wildman–Crippen MR) is 68.2 cm³/mol. The molecule has 0 saturated heterocycles. The lowest BCUT2D eigenvalue weighted by Crippen LogP contribution is -2.14. The van der Waals surface area contributed by atoms with Gasteiger partial charge in [0, 0.05) is 7.11 Å². The van der Waals surface area contributed by atoms with Crippen LogP contribution in [0.1, 0.15) is 13.8 Å². The third-order valence-corrected chi connectivity index (χ3v) is 1.84. The third kappa shape index (κ3) is 6.73. The molecule has 0 unspecified atom stereocenters. The van der Waals surface area contributed by atoms with Crippen molar-refractivity contribution < 1.29 is 18.9 Å². The number of hydrogen-bond donors (Lipinski definition) is 1. The summed E-state index contributed by atoms with van der Waals surface area (Å²) in [6.07, 6.45) is -0.0490. The van der Waals surface area contributed by atoms with Gasteiger partial charge in [-0.05, 0) is 13.8 Å². The molecule has 0 saturated carbocycles. The molecule has 0 aliphatic heterocycles. The van der Waals surface area contributed by atoms with Crippen LogP contribution < -0.4 is 15.2 Å². The first-order valence-electron chi connectivity index (χ1n) is 5.99. The Morgan fingerprint density at radius 1 is 1.00 bits per heavy atom. The standard InChI is InChI=1S/C11H20N4O4/c1-8(2)19-11-14-9(12)13-10(15-11)18-7-6-17-5-4-16-3/h8H,4-7H2,1-3H3,(H2,12,13,14,15). The Kier molecular flexibility index (Phi) is 6.83. The van der Waals surface area contributed by atoms with Gasteiger partial charge in [-0.1, -0.05) is 0 Å². The molecule has 0 amide bonds. The van der Waals surface area contributed by atoms with E-state index in [-0.39, 0.29) is 24.1 Å². The molecular formula is C11H20N4O4. The summed E-state index contributed by atoms with van der Waals surface area (Å²) in [7, 11) is 1.61. The zero-order valence-electron chi connectivity index (χ0n) is 11.5. The Hall–Kier alpha value is -1.67. The number of nitrogens with zero attached hydrogens (tertiary/aromatic N) is 3. The molecular weight excluding hydrogens is 252 g/mol. The molecule has 0 fully saturated rings. The van der Waals surface area contributed by atoms with Crippen LogP contribution in [0.25, 0.3) is 0 Å². The quantitative estimate of drug-likeness (QED) is 0.640. The first-order chi connectivity index (χ1) is 9.11. The highest BCUT2D eigenvalue weighted by atomic mass is 16.5. The van der Waals surface area contributed by atoms with Gasteiger partial charge in [-0.15, -0.1) is 4.98 Å². The van der Waals surface area contributed by atoms with Gasteiger partial charge >= 0.3 is 12.0 Å². The van der Waals surface area contributed by atoms with Crippen LogP contribution in [0, 0.1) is 0 Å². The number of aromatic nitrogens is 3. The Bertz CT molecular complexity index is 376. The van der Waals surface area contributed by atoms with Crippen LogP contribution in [0.3, 0.4) is 0 Å². The van der Waals surface area contributed by atoms with E-state index >= 15 is 0 Å². The number of nitrogen functional groups attached to an aromatic ring is 1. The highest BCUT2D eigenvalue weighted by molar-refractivity contribution is 5.20. The molecule has 1 heterocycles. The Morgan fingerprint density at radius 3 is 2.37 bits per heavy atom. The van der Waals surface area contributed by atoms with Gasteiger partial charge in [0.15, 0.2) is 0 Å². The number of nitrogens with two attached hydrogens (primary N) is 1. The summed E-state index contributed by atoms with van der Waals surface area (Å²) in [6, 6.07) is 0.274. The summed E-state index contributed by atoms with van der Waals surface area (Å²) in [5, 5.41) is 0. The van der Waals surface area contributed by atoms with Crippen LogP contribution >= 0.6 is 0 Å². The van der Waals surface area contributed by atoms with Crippen molar-refractivity contribution in [3.8, 4) is 12.0 Å². The topological polar surface area (TPSA) is 102 Å². The highest BCUT2D eigenvalue weighted by Crippen LogP contribution is 2.11. The maximum Gasteiger partial charge on any atom is 0.324 e. The van der Waals surface area contributed by atoms with Gasteiger partial charge in [-0.2, -0.15) is 9.97 Å². The summed E-state index contributed by atoms with van der Waals surface area (Å²) in [5.41, 5.74) is 5.54. The van der Waals surface area contributed by atoms with E-state index in [0.717, 1.165) is 0 Å². The third-order valence-electron chi connectivity index (χ3n) is 1.84. The molecule has 1 rings (SSSR count). The smallest absolute Gasteiger partial charge is 0.324 e. The van der Waals surface area contributed by atoms with Crippen molar-refractivity contribution in [2.75, 3.05) is 39.3 Å². The molecule has 108 valence electrons. The van der Waals surface area contributed by atoms with E-state index in [1.54, 1.807) is 7.11 Å². The first-order valence-corrected chi connectivity index (χ1v) is 5.99. The van der Waals surface area contributed by atoms with Gasteiger partial charge in [-0.3, -0.25) is 0 Å². The van der Waals surface area contributed by atoms with E-state index in [1.807, 2.05) is 13.8 Å². The Balaban J connectivity index is 2.38. The predicted octanol–water partition coefficient (Wildman–Crippen LogP) is 0.283. The van der Waals surface area contributed by atoms with E-state index in [4.69, 9.17) is 24.7 Å². The fraction of sp³-hybridized carbons (Fsp3) is 0.727. The van der Waals surface area contributed by atoms with Crippen molar-refractivity contribution in [2.24, 2.45) is 0 Å². The van der Waals surface area contributed by atoms with Gasteiger partial charge in [0.2, 0.25) is 5.95 Å². The monoisotopic (exact) mass is 272 g/mol. The summed E-state index contributed by atoms with van der Waals surface area (Å²) in [6.45, 7) is 5.52. The minimum Gasteiger partial charge on any atom is -0.461 e. The van der Waals surface area contributed by atoms with Crippen molar-refractivity contribution in [3.63, 3.8) is 0 Å². The summed E-state index contributed by atoms with van der Waals surface area (Å²) in [5.74, 6) is 0.0564. The minimum absolute atomic E-state index is 0.0490. The maximum absolute atomic E-state index is 5.54. The van der Waals surface area contributed by atoms with Gasteiger partial charge in [0.05, 0.1) is 25.9 Å². The van der Waals surface area contributed by atoms with Gasteiger partial charge < -0.3 is 24.7 Å². The van der Waals surface area contributed by atoms with Crippen molar-refractivity contribution in [2.45, 2.75) is 20.0 Å². The van der Waals surface area contributed by atoms with Crippen molar-refractivity contribution >= 4 is 5.95 Å². The van der Waals surface area contributed by atoms with Gasteiger partial charge in [-0.25, -0.2) is 0 Å². The fourth-order valence-corrected chi connectivity index (χ4v) is 1.12. The molecule has 0 bridgehead atoms. The van der Waals surface area contributed by atoms with E-state index in [2.05, 4.69) is 15.0 Å². The van der Waals surface area contributed by atoms with Crippen molar-refractivity contribution in [1.82, 2.24) is 15.0 Å². The summed E-state index contributed by atoms with van der Waals surface area (Å²) >= 11 is 0. The van der Waals surface area contributed by atoms with Crippen LogP contribution in [0.4, 0.5) is 5.95 Å². The normalized spacial score (nSPS) is 10.7. The number of hydrogen-bond acceptors (Lipinski definition) is 8. The molecule has 0 aliphatic carbocycles. The van der Waals surface area contributed by atoms with E-state index in [0.29, 0.717) is 26.4 Å². The van der Waals surface area contributed by atoms with Crippen LogP contribution in [0.5, 0.6) is 12.0 Å². The van der Waals surface area contributed by atoms with Crippen LogP contribution in [-0.4, -0.2) is 54.6 Å². The first kappa shape index (κ1) is 15.4. The molecule has 1 aromatic heterocycles. The molecule has 0 atom stereocenters. The van der Waals surface area contributed by atoms with Crippen LogP contribution in [-0.2, 0) is 9.47 Å². The SMILES string of the molecule is COCCOCCOc1nc(N)nc(OC(C)C)n1. The average molecular weight is 272 g/mol. The number of ether oxygens (including phenoxy) is 4. The van der Waals surface area contributed by atoms with E-state index in [9.17, 15) is 0 Å². The maximum atomic E-state index is 5.54. The van der Waals surface area contributed by atoms with Crippen molar-refractivity contribution in [1.29, 1.82) is 0 Å². The second-order valence-corrected chi connectivity index (χ2v) is 3.88. The molecule has 1 aromatic rings. The highest BCUT2D eigenvalue weighted by Gasteiger charge is 2.08. The molecule has 8 nitrogen and oxygen atoms in total. The number of methoxy groups -OCH3 is 1. The van der Waals surface area contributed by atoms with Crippen molar-refractivity contribution in [3.05, 3.63) is 0 Å². The Morgan fingerprint density at radius 2 is 1.68 bits per heavy atom. The lowest BCUT2D eigenvalue weighted by Gasteiger charge is -2.09. The molecule has 8 heteroatoms. The number of anilines is 1. The largest absolute Gasteiger partial charge is 0.461 e. The molecule has 0 radical (unpaired) electrons. The summed E-state index contributed by atoms with van der Waals surface area (Å²) < 4.78 is 20.7. The molecule has 19 heavy (non-hydrogen) atoms. The van der Waals surface area contributed by atoms with E-state index < -0.39 is 0 Å². The second-order valence-electron chi connectivity index (χ2n) is 3.88. The zero-order chi connectivity index (χ0) is 14.1. The lowest BCUT2D eigenvalue weighted by molar-refractivity contribution is 0.0525. The minimum atomic E-state index is -0.0490. The lowest BCUT2D eigenvalue weighted by atomic mass is 10.5. The second kappa shape index (κ2) is 8.44. The molecule has 0 aliphatic rings. The average Bonchev–Trinajstić information content (AvgIpc) is 2.32. The van der Waals surface area contributed by atoms with Gasteiger partial charge in [0.1, 0.15) is 6.61 Å². The van der Waals surface area contributed by atoms with Gasteiger partial charge in [0.25, 0.3) is 0 Å². The Labute approximate surface area is 112 Å².